The molecule has 1 N–H and O–H groups in total. The minimum Gasteiger partial charge on any atom is -0.462 e. The van der Waals surface area contributed by atoms with E-state index in [0.717, 1.165) is 10.5 Å². The summed E-state index contributed by atoms with van der Waals surface area (Å²) in [4.78, 5) is 29.8. The van der Waals surface area contributed by atoms with Crippen molar-refractivity contribution in [1.82, 2.24) is 5.32 Å². The van der Waals surface area contributed by atoms with Crippen LogP contribution in [0.3, 0.4) is 0 Å². The Hall–Kier alpha value is -2.67. The highest BCUT2D eigenvalue weighted by Gasteiger charge is 2.35. The summed E-state index contributed by atoms with van der Waals surface area (Å²) in [6.45, 7) is 2.16. The number of nitrogens with zero attached hydrogens (tertiary/aromatic N) is 1. The number of aliphatic imine (C=N–C) groups is 1. The molecule has 0 saturated carbocycles. The first kappa shape index (κ1) is 19.1. The van der Waals surface area contributed by atoms with E-state index < -0.39 is 23.6 Å². The molecule has 1 aliphatic carbocycles. The Morgan fingerprint density at radius 1 is 1.30 bits per heavy atom. The Bertz CT molecular complexity index is 885. The van der Waals surface area contributed by atoms with Crippen LogP contribution in [0.2, 0.25) is 0 Å². The van der Waals surface area contributed by atoms with Crippen LogP contribution >= 0.6 is 11.8 Å². The van der Waals surface area contributed by atoms with E-state index in [1.165, 1.54) is 18.2 Å². The smallest absolute Gasteiger partial charge is 0.345 e. The monoisotopic (exact) mass is 386 g/mol. The first-order valence-electron chi connectivity index (χ1n) is 8.50. The van der Waals surface area contributed by atoms with Crippen LogP contribution in [0, 0.1) is 5.92 Å². The van der Waals surface area contributed by atoms with Crippen molar-refractivity contribution in [1.29, 1.82) is 0 Å². The van der Waals surface area contributed by atoms with Gasteiger partial charge in [0.1, 0.15) is 11.4 Å². The molecule has 3 rings (SSSR count). The van der Waals surface area contributed by atoms with Crippen molar-refractivity contribution >= 4 is 29.4 Å². The SMILES string of the molecule is CCOC(=O)C1=C(NCc2ccc(SC)cc2)C2C=C(F)C=CC2=NC1=O. The molecule has 0 spiro atoms. The lowest BCUT2D eigenvalue weighted by atomic mass is 9.88. The molecular weight excluding hydrogens is 367 g/mol. The van der Waals surface area contributed by atoms with Gasteiger partial charge >= 0.3 is 5.97 Å². The molecule has 1 heterocycles. The largest absolute Gasteiger partial charge is 0.462 e. The summed E-state index contributed by atoms with van der Waals surface area (Å²) in [7, 11) is 0. The molecule has 5 nitrogen and oxygen atoms in total. The number of allylic oxidation sites excluding steroid dienone is 4. The van der Waals surface area contributed by atoms with E-state index in [0.29, 0.717) is 18.0 Å². The maximum atomic E-state index is 13.8. The third-order valence-electron chi connectivity index (χ3n) is 4.20. The third kappa shape index (κ3) is 4.19. The van der Waals surface area contributed by atoms with Gasteiger partial charge in [0.15, 0.2) is 0 Å². The topological polar surface area (TPSA) is 67.8 Å². The fraction of sp³-hybridized carbons (Fsp3) is 0.250. The highest BCUT2D eigenvalue weighted by atomic mass is 32.2. The summed E-state index contributed by atoms with van der Waals surface area (Å²) in [5.41, 5.74) is 1.51. The number of halogens is 1. The normalized spacial score (nSPS) is 18.6. The summed E-state index contributed by atoms with van der Waals surface area (Å²) >= 11 is 1.64. The Kier molecular flexibility index (Phi) is 5.91. The molecule has 0 aromatic heterocycles. The Morgan fingerprint density at radius 3 is 2.70 bits per heavy atom. The predicted octanol–water partition coefficient (Wildman–Crippen LogP) is 3.34. The first-order chi connectivity index (χ1) is 13.0. The number of nitrogens with one attached hydrogen (secondary N) is 1. The van der Waals surface area contributed by atoms with Crippen molar-refractivity contribution < 1.29 is 18.7 Å². The molecule has 1 aromatic rings. The van der Waals surface area contributed by atoms with E-state index in [1.807, 2.05) is 30.5 Å². The zero-order valence-corrected chi connectivity index (χ0v) is 15.8. The molecule has 140 valence electrons. The molecule has 27 heavy (non-hydrogen) atoms. The number of rotatable bonds is 6. The van der Waals surface area contributed by atoms with Gasteiger partial charge < -0.3 is 10.1 Å². The average Bonchev–Trinajstić information content (AvgIpc) is 2.66. The summed E-state index contributed by atoms with van der Waals surface area (Å²) < 4.78 is 18.8. The van der Waals surface area contributed by atoms with E-state index >= 15 is 0 Å². The second kappa shape index (κ2) is 8.35. The molecule has 2 aliphatic rings. The van der Waals surface area contributed by atoms with Crippen LogP contribution in [0.15, 0.2) is 69.5 Å². The number of amides is 1. The number of carbonyl (C=O) groups excluding carboxylic acids is 2. The minimum absolute atomic E-state index is 0.129. The number of ether oxygens (including phenoxy) is 1. The molecule has 1 unspecified atom stereocenters. The Balaban J connectivity index is 1.93. The van der Waals surface area contributed by atoms with Crippen molar-refractivity contribution in [3.05, 3.63) is 65.2 Å². The highest BCUT2D eigenvalue weighted by Crippen LogP contribution is 2.29. The van der Waals surface area contributed by atoms with Gasteiger partial charge in [0.2, 0.25) is 0 Å². The zero-order chi connectivity index (χ0) is 19.4. The van der Waals surface area contributed by atoms with Crippen LogP contribution in [0.25, 0.3) is 0 Å². The molecule has 7 heteroatoms. The fourth-order valence-electron chi connectivity index (χ4n) is 2.89. The van der Waals surface area contributed by atoms with Crippen LogP contribution in [0.4, 0.5) is 4.39 Å². The van der Waals surface area contributed by atoms with Crippen LogP contribution in [0.1, 0.15) is 12.5 Å². The van der Waals surface area contributed by atoms with Gasteiger partial charge in [0.25, 0.3) is 5.91 Å². The zero-order valence-electron chi connectivity index (χ0n) is 15.0. The Morgan fingerprint density at radius 2 is 2.04 bits per heavy atom. The lowest BCUT2D eigenvalue weighted by Gasteiger charge is -2.26. The first-order valence-corrected chi connectivity index (χ1v) is 9.72. The molecule has 1 atom stereocenters. The van der Waals surface area contributed by atoms with Gasteiger partial charge in [-0.25, -0.2) is 14.2 Å². The van der Waals surface area contributed by atoms with Crippen LogP contribution in [-0.2, 0) is 20.9 Å². The number of fused-ring (bicyclic) bond motifs is 1. The number of benzene rings is 1. The number of hydrogen-bond donors (Lipinski definition) is 1. The molecule has 1 aromatic carbocycles. The molecule has 0 bridgehead atoms. The van der Waals surface area contributed by atoms with E-state index in [1.54, 1.807) is 18.7 Å². The summed E-state index contributed by atoms with van der Waals surface area (Å²) in [5, 5.41) is 3.14. The third-order valence-corrected chi connectivity index (χ3v) is 4.95. The van der Waals surface area contributed by atoms with E-state index in [2.05, 4.69) is 10.3 Å². The molecule has 0 saturated heterocycles. The summed E-state index contributed by atoms with van der Waals surface area (Å²) in [6.07, 6.45) is 6.03. The van der Waals surface area contributed by atoms with Gasteiger partial charge in [-0.15, -0.1) is 11.8 Å². The van der Waals surface area contributed by atoms with Crippen LogP contribution < -0.4 is 5.32 Å². The summed E-state index contributed by atoms with van der Waals surface area (Å²) in [5.74, 6) is -2.51. The number of esters is 1. The highest BCUT2D eigenvalue weighted by molar-refractivity contribution is 7.98. The maximum Gasteiger partial charge on any atom is 0.345 e. The molecule has 0 radical (unpaired) electrons. The van der Waals surface area contributed by atoms with Crippen LogP contribution in [-0.4, -0.2) is 30.5 Å². The minimum atomic E-state index is -0.756. The lowest BCUT2D eigenvalue weighted by molar-refractivity contribution is -0.140. The standard InChI is InChI=1S/C20H19FN2O3S/c1-3-26-20(25)17-18(22-11-12-4-7-14(27-2)8-5-12)15-10-13(21)6-9-16(15)23-19(17)24/h4-10,15,22H,3,11H2,1-2H3. The predicted molar refractivity (Wildman–Crippen MR) is 103 cm³/mol. The number of hydrogen-bond acceptors (Lipinski definition) is 5. The fourth-order valence-corrected chi connectivity index (χ4v) is 3.30. The van der Waals surface area contributed by atoms with Gasteiger partial charge in [-0.3, -0.25) is 4.79 Å². The molecule has 1 amide bonds. The van der Waals surface area contributed by atoms with Crippen molar-refractivity contribution in [3.8, 4) is 0 Å². The van der Waals surface area contributed by atoms with Gasteiger partial charge in [-0.05, 0) is 49.1 Å². The van der Waals surface area contributed by atoms with E-state index in [9.17, 15) is 14.0 Å². The van der Waals surface area contributed by atoms with Crippen molar-refractivity contribution in [3.63, 3.8) is 0 Å². The lowest BCUT2D eigenvalue weighted by Crippen LogP contribution is -2.35. The quantitative estimate of drug-likeness (QED) is 0.461. The molecule has 1 aliphatic heterocycles. The van der Waals surface area contributed by atoms with Crippen molar-refractivity contribution in [2.24, 2.45) is 10.9 Å². The van der Waals surface area contributed by atoms with Gasteiger partial charge in [0, 0.05) is 17.1 Å². The molecule has 0 fully saturated rings. The van der Waals surface area contributed by atoms with Gasteiger partial charge in [-0.1, -0.05) is 12.1 Å². The molecular formula is C20H19FN2O3S. The van der Waals surface area contributed by atoms with Crippen LogP contribution in [0.5, 0.6) is 0 Å². The summed E-state index contributed by atoms with van der Waals surface area (Å²) in [6, 6.07) is 7.90. The number of carbonyl (C=O) groups is 2. The van der Waals surface area contributed by atoms with E-state index in [-0.39, 0.29) is 12.2 Å². The second-order valence-corrected chi connectivity index (χ2v) is 6.79. The van der Waals surface area contributed by atoms with E-state index in [4.69, 9.17) is 4.74 Å². The number of thioether (sulfide) groups is 1. The average molecular weight is 386 g/mol. The maximum absolute atomic E-state index is 13.8. The number of dihydropyridines is 1. The Labute approximate surface area is 161 Å². The van der Waals surface area contributed by atoms with Crippen molar-refractivity contribution in [2.75, 3.05) is 12.9 Å². The van der Waals surface area contributed by atoms with Gasteiger partial charge in [-0.2, -0.15) is 0 Å². The second-order valence-electron chi connectivity index (χ2n) is 5.92. The van der Waals surface area contributed by atoms with Gasteiger partial charge in [0.05, 0.1) is 18.2 Å². The van der Waals surface area contributed by atoms with Crippen molar-refractivity contribution in [2.45, 2.75) is 18.4 Å².